The fourth-order valence-corrected chi connectivity index (χ4v) is 5.56. The van der Waals surface area contributed by atoms with Gasteiger partial charge in [0.05, 0.1) is 35.4 Å². The number of morpholine rings is 1. The summed E-state index contributed by atoms with van der Waals surface area (Å²) in [6.45, 7) is 3.27. The molecule has 2 saturated heterocycles. The molecule has 2 heterocycles. The number of hydrogen-bond donors (Lipinski definition) is 0. The normalized spacial score (nSPS) is 27.0. The van der Waals surface area contributed by atoms with Crippen LogP contribution in [0.5, 0.6) is 0 Å². The predicted molar refractivity (Wildman–Crippen MR) is 125 cm³/mol. The Morgan fingerprint density at radius 3 is 2.68 bits per heavy atom. The second kappa shape index (κ2) is 9.54. The highest BCUT2D eigenvalue weighted by Crippen LogP contribution is 2.45. The highest BCUT2D eigenvalue weighted by molar-refractivity contribution is 5.61. The smallest absolute Gasteiger partial charge is 0.279 e. The number of hydrogen-bond acceptors (Lipinski definition) is 6. The first-order valence-corrected chi connectivity index (χ1v) is 11.8. The van der Waals surface area contributed by atoms with Gasteiger partial charge in [-0.25, -0.2) is 4.39 Å². The Bertz CT molecular complexity index is 1060. The quantitative estimate of drug-likeness (QED) is 0.468. The summed E-state index contributed by atoms with van der Waals surface area (Å²) in [5.74, 6) is -1.23. The summed E-state index contributed by atoms with van der Waals surface area (Å²) in [6, 6.07) is 14.1. The molecule has 2 atom stereocenters. The largest absolute Gasteiger partial charge is 0.365 e. The first-order chi connectivity index (χ1) is 16.5. The van der Waals surface area contributed by atoms with Crippen molar-refractivity contribution in [3.8, 4) is 0 Å². The first kappa shape index (κ1) is 23.1. The molecule has 0 radical (unpaired) electrons. The van der Waals surface area contributed by atoms with Crippen LogP contribution in [0, 0.1) is 15.9 Å². The lowest BCUT2D eigenvalue weighted by molar-refractivity contribution is -0.385. The molecular formula is C26H29FN2O5. The van der Waals surface area contributed by atoms with E-state index in [0.717, 1.165) is 32.4 Å². The Balaban J connectivity index is 1.42. The van der Waals surface area contributed by atoms with Crippen LogP contribution in [0.1, 0.15) is 36.8 Å². The van der Waals surface area contributed by atoms with E-state index >= 15 is 0 Å². The summed E-state index contributed by atoms with van der Waals surface area (Å²) >= 11 is 0. The van der Waals surface area contributed by atoms with Gasteiger partial charge in [-0.15, -0.1) is 0 Å². The van der Waals surface area contributed by atoms with Crippen molar-refractivity contribution in [1.82, 2.24) is 4.90 Å². The summed E-state index contributed by atoms with van der Waals surface area (Å²) in [5, 5.41) is 11.4. The van der Waals surface area contributed by atoms with Crippen LogP contribution in [0.3, 0.4) is 0 Å². The minimum atomic E-state index is -0.624. The molecule has 7 nitrogen and oxygen atoms in total. The second-order valence-corrected chi connectivity index (χ2v) is 9.42. The molecule has 180 valence electrons. The molecule has 0 bridgehead atoms. The molecular weight excluding hydrogens is 439 g/mol. The summed E-state index contributed by atoms with van der Waals surface area (Å²) in [7, 11) is 0. The third kappa shape index (κ3) is 4.90. The predicted octanol–water partition coefficient (Wildman–Crippen LogP) is 4.70. The van der Waals surface area contributed by atoms with Gasteiger partial charge in [0, 0.05) is 38.5 Å². The molecule has 5 rings (SSSR count). The Morgan fingerprint density at radius 2 is 1.91 bits per heavy atom. The van der Waals surface area contributed by atoms with Crippen molar-refractivity contribution in [1.29, 1.82) is 0 Å². The molecule has 2 aromatic rings. The lowest BCUT2D eigenvalue weighted by Crippen LogP contribution is -2.59. The van der Waals surface area contributed by atoms with E-state index in [2.05, 4.69) is 17.0 Å². The molecule has 1 aliphatic carbocycles. The summed E-state index contributed by atoms with van der Waals surface area (Å²) in [6.07, 6.45) is 6.16. The topological polar surface area (TPSA) is 74.1 Å². The summed E-state index contributed by atoms with van der Waals surface area (Å²) < 4.78 is 33.1. The molecule has 2 spiro atoms. The minimum Gasteiger partial charge on any atom is -0.365 e. The molecule has 0 amide bonds. The molecule has 34 heavy (non-hydrogen) atoms. The van der Waals surface area contributed by atoms with E-state index in [4.69, 9.17) is 14.2 Å². The van der Waals surface area contributed by atoms with E-state index in [1.165, 1.54) is 29.8 Å². The van der Waals surface area contributed by atoms with Gasteiger partial charge in [-0.05, 0) is 30.5 Å². The fraction of sp³-hybridized carbons (Fsp3) is 0.462. The number of nitro benzene ring substituents is 1. The maximum atomic E-state index is 14.4. The van der Waals surface area contributed by atoms with Gasteiger partial charge in [0.1, 0.15) is 5.82 Å². The highest BCUT2D eigenvalue weighted by Gasteiger charge is 2.52. The number of benzene rings is 2. The van der Waals surface area contributed by atoms with Crippen molar-refractivity contribution in [2.24, 2.45) is 0 Å². The van der Waals surface area contributed by atoms with Gasteiger partial charge in [0.15, 0.2) is 5.79 Å². The van der Waals surface area contributed by atoms with Crippen LogP contribution >= 0.6 is 0 Å². The van der Waals surface area contributed by atoms with Crippen LogP contribution in [0.25, 0.3) is 6.08 Å². The van der Waals surface area contributed by atoms with Crippen molar-refractivity contribution >= 4 is 11.8 Å². The van der Waals surface area contributed by atoms with E-state index < -0.39 is 22.1 Å². The van der Waals surface area contributed by atoms with Crippen LogP contribution < -0.4 is 0 Å². The third-order valence-corrected chi connectivity index (χ3v) is 6.90. The third-order valence-electron chi connectivity index (χ3n) is 6.90. The van der Waals surface area contributed by atoms with E-state index in [9.17, 15) is 14.5 Å². The maximum Gasteiger partial charge on any atom is 0.279 e. The molecule has 1 saturated carbocycles. The number of rotatable bonds is 5. The molecule has 0 aromatic heterocycles. The summed E-state index contributed by atoms with van der Waals surface area (Å²) in [5.41, 5.74) is 0.442. The van der Waals surface area contributed by atoms with Gasteiger partial charge in [0.2, 0.25) is 0 Å². The number of nitrogens with zero attached hydrogens (tertiary/aromatic N) is 2. The minimum absolute atomic E-state index is 0.0343. The Kier molecular flexibility index (Phi) is 6.48. The van der Waals surface area contributed by atoms with E-state index in [1.54, 1.807) is 6.08 Å². The second-order valence-electron chi connectivity index (χ2n) is 9.42. The average Bonchev–Trinajstić information content (AvgIpc) is 3.25. The number of ether oxygens (including phenoxy) is 3. The van der Waals surface area contributed by atoms with Gasteiger partial charge in [0.25, 0.3) is 5.69 Å². The van der Waals surface area contributed by atoms with Gasteiger partial charge >= 0.3 is 0 Å². The number of halogens is 1. The lowest BCUT2D eigenvalue weighted by atomic mass is 9.79. The first-order valence-electron chi connectivity index (χ1n) is 11.8. The van der Waals surface area contributed by atoms with E-state index in [-0.39, 0.29) is 17.4 Å². The van der Waals surface area contributed by atoms with Gasteiger partial charge in [-0.3, -0.25) is 15.0 Å². The molecule has 2 aromatic carbocycles. The Morgan fingerprint density at radius 1 is 1.12 bits per heavy atom. The molecule has 2 aliphatic heterocycles. The van der Waals surface area contributed by atoms with Crippen LogP contribution in [-0.4, -0.2) is 53.6 Å². The molecule has 8 heteroatoms. The number of nitro groups is 1. The Labute approximate surface area is 198 Å². The highest BCUT2D eigenvalue weighted by atomic mass is 19.1. The average molecular weight is 469 g/mol. The molecule has 0 N–H and O–H groups in total. The zero-order chi connectivity index (χ0) is 23.6. The molecule has 3 aliphatic rings. The standard InChI is InChI=1S/C26H29FN2O5/c27-23-8-4-9-24(29(30)31)22(23)11-10-21-17-28(16-20-6-2-1-3-7-20)19-25(34-21)12-5-13-26(18-25)32-14-15-33-26/h1-4,6-11,21H,5,12-19H2/b11-10+/t21-,25?/m1/s1. The van der Waals surface area contributed by atoms with E-state index in [0.29, 0.717) is 26.2 Å². The summed E-state index contributed by atoms with van der Waals surface area (Å²) in [4.78, 5) is 13.2. The van der Waals surface area contributed by atoms with Crippen molar-refractivity contribution < 1.29 is 23.5 Å². The van der Waals surface area contributed by atoms with Gasteiger partial charge in [-0.2, -0.15) is 0 Å². The van der Waals surface area contributed by atoms with Crippen LogP contribution in [0.15, 0.2) is 54.6 Å². The van der Waals surface area contributed by atoms with Crippen LogP contribution in [-0.2, 0) is 20.8 Å². The van der Waals surface area contributed by atoms with Gasteiger partial charge in [-0.1, -0.05) is 42.5 Å². The van der Waals surface area contributed by atoms with Crippen molar-refractivity contribution in [3.05, 3.63) is 81.7 Å². The molecule has 3 fully saturated rings. The van der Waals surface area contributed by atoms with E-state index in [1.807, 2.05) is 18.2 Å². The van der Waals surface area contributed by atoms with Crippen molar-refractivity contribution in [2.45, 2.75) is 49.7 Å². The van der Waals surface area contributed by atoms with Crippen molar-refractivity contribution in [3.63, 3.8) is 0 Å². The monoisotopic (exact) mass is 468 g/mol. The maximum absolute atomic E-state index is 14.4. The van der Waals surface area contributed by atoms with Crippen LogP contribution in [0.2, 0.25) is 0 Å². The van der Waals surface area contributed by atoms with Crippen LogP contribution in [0.4, 0.5) is 10.1 Å². The molecule has 1 unspecified atom stereocenters. The fourth-order valence-electron chi connectivity index (χ4n) is 5.56. The van der Waals surface area contributed by atoms with Crippen molar-refractivity contribution in [2.75, 3.05) is 26.3 Å². The SMILES string of the molecule is O=[N+]([O-])c1cccc(F)c1/C=C/[C@@H]1CN(Cc2ccccc2)CC2(CCCC3(C2)OCCO3)O1. The zero-order valence-corrected chi connectivity index (χ0v) is 19.0. The Hall–Kier alpha value is -2.65. The zero-order valence-electron chi connectivity index (χ0n) is 19.0. The lowest BCUT2D eigenvalue weighted by Gasteiger charge is -2.51. The van der Waals surface area contributed by atoms with Gasteiger partial charge < -0.3 is 14.2 Å².